The van der Waals surface area contributed by atoms with Gasteiger partial charge in [-0.2, -0.15) is 5.10 Å². The van der Waals surface area contributed by atoms with Crippen molar-refractivity contribution in [2.75, 3.05) is 5.32 Å². The molecule has 1 aromatic heterocycles. The maximum atomic E-state index is 13.7. The van der Waals surface area contributed by atoms with E-state index in [-0.39, 0.29) is 18.4 Å². The van der Waals surface area contributed by atoms with Crippen LogP contribution in [-0.2, 0) is 6.73 Å². The summed E-state index contributed by atoms with van der Waals surface area (Å²) < 4.78 is 33.5. The topological polar surface area (TPSA) is 56.1 Å². The second kappa shape index (κ2) is 7.75. The Kier molecular flexibility index (Phi) is 5.41. The van der Waals surface area contributed by atoms with Crippen LogP contribution in [0.5, 0.6) is 5.75 Å². The van der Waals surface area contributed by atoms with Gasteiger partial charge in [0.15, 0.2) is 18.3 Å². The van der Waals surface area contributed by atoms with E-state index in [4.69, 9.17) is 16.3 Å². The molecule has 0 fully saturated rings. The van der Waals surface area contributed by atoms with Crippen LogP contribution in [0.2, 0.25) is 5.02 Å². The first-order chi connectivity index (χ1) is 12.8. The van der Waals surface area contributed by atoms with E-state index < -0.39 is 11.6 Å². The number of benzene rings is 2. The van der Waals surface area contributed by atoms with Crippen LogP contribution < -0.4 is 10.1 Å². The predicted octanol–water partition coefficient (Wildman–Crippen LogP) is 4.72. The average Bonchev–Trinajstić information content (AvgIpc) is 2.88. The number of ether oxygens (including phenoxy) is 1. The Morgan fingerprint density at radius 1 is 1.22 bits per heavy atom. The minimum atomic E-state index is -0.800. The first-order valence-electron chi connectivity index (χ1n) is 8.04. The third-order valence-corrected chi connectivity index (χ3v) is 4.18. The molecule has 8 heteroatoms. The Morgan fingerprint density at radius 2 is 2.00 bits per heavy atom. The lowest BCUT2D eigenvalue weighted by molar-refractivity contribution is 0.102. The van der Waals surface area contributed by atoms with Crippen molar-refractivity contribution >= 4 is 23.2 Å². The van der Waals surface area contributed by atoms with Crippen LogP contribution in [0.15, 0.2) is 42.5 Å². The quantitative estimate of drug-likeness (QED) is 0.684. The van der Waals surface area contributed by atoms with Gasteiger partial charge in [-0.25, -0.2) is 13.5 Å². The van der Waals surface area contributed by atoms with E-state index in [0.29, 0.717) is 27.7 Å². The Morgan fingerprint density at radius 3 is 2.70 bits per heavy atom. The molecule has 0 saturated heterocycles. The molecule has 0 unspecified atom stereocenters. The molecule has 1 heterocycles. The minimum Gasteiger partial charge on any atom is -0.468 e. The minimum absolute atomic E-state index is 0.0894. The number of carbonyl (C=O) groups excluding carboxylic acids is 1. The van der Waals surface area contributed by atoms with Gasteiger partial charge in [-0.15, -0.1) is 0 Å². The maximum absolute atomic E-state index is 13.7. The number of halogens is 3. The number of amides is 1. The molecule has 1 amide bonds. The van der Waals surface area contributed by atoms with Gasteiger partial charge >= 0.3 is 0 Å². The SMILES string of the molecule is Cc1nn(COc2ccc(F)cc2F)c(C)c1NC(=O)c1cccc(Cl)c1. The molecule has 0 saturated carbocycles. The molecule has 3 aromatic rings. The lowest BCUT2D eigenvalue weighted by Crippen LogP contribution is -2.14. The second-order valence-corrected chi connectivity index (χ2v) is 6.29. The summed E-state index contributed by atoms with van der Waals surface area (Å²) in [5, 5.41) is 7.55. The molecule has 3 rings (SSSR count). The van der Waals surface area contributed by atoms with E-state index in [1.54, 1.807) is 38.1 Å². The van der Waals surface area contributed by atoms with Gasteiger partial charge in [0.25, 0.3) is 5.91 Å². The van der Waals surface area contributed by atoms with Gasteiger partial charge in [-0.3, -0.25) is 4.79 Å². The van der Waals surface area contributed by atoms with Crippen molar-refractivity contribution < 1.29 is 18.3 Å². The number of aromatic nitrogens is 2. The smallest absolute Gasteiger partial charge is 0.255 e. The monoisotopic (exact) mass is 391 g/mol. The number of nitrogens with zero attached hydrogens (tertiary/aromatic N) is 2. The standard InChI is InChI=1S/C19H16ClF2N3O2/c1-11-18(23-19(26)13-4-3-5-14(20)8-13)12(2)25(24-11)10-27-17-7-6-15(21)9-16(17)22/h3-9H,10H2,1-2H3,(H,23,26). The molecule has 1 N–H and O–H groups in total. The molecule has 0 aliphatic heterocycles. The van der Waals surface area contributed by atoms with Crippen LogP contribution in [0.3, 0.4) is 0 Å². The number of hydrogen-bond acceptors (Lipinski definition) is 3. The predicted molar refractivity (Wildman–Crippen MR) is 98.1 cm³/mol. The molecule has 0 spiro atoms. The zero-order chi connectivity index (χ0) is 19.6. The highest BCUT2D eigenvalue weighted by Crippen LogP contribution is 2.23. The highest BCUT2D eigenvalue weighted by molar-refractivity contribution is 6.31. The Hall–Kier alpha value is -2.93. The Balaban J connectivity index is 1.75. The normalized spacial score (nSPS) is 10.7. The van der Waals surface area contributed by atoms with E-state index in [1.807, 2.05) is 0 Å². The number of rotatable bonds is 5. The first-order valence-corrected chi connectivity index (χ1v) is 8.41. The van der Waals surface area contributed by atoms with Crippen LogP contribution in [0.4, 0.5) is 14.5 Å². The summed E-state index contributed by atoms with van der Waals surface area (Å²) in [6.07, 6.45) is 0. The lowest BCUT2D eigenvalue weighted by Gasteiger charge is -2.10. The summed E-state index contributed by atoms with van der Waals surface area (Å²) in [5.74, 6) is -1.90. The highest BCUT2D eigenvalue weighted by atomic mass is 35.5. The van der Waals surface area contributed by atoms with Crippen molar-refractivity contribution in [2.24, 2.45) is 0 Å². The van der Waals surface area contributed by atoms with E-state index >= 15 is 0 Å². The van der Waals surface area contributed by atoms with Crippen molar-refractivity contribution in [3.8, 4) is 5.75 Å². The summed E-state index contributed by atoms with van der Waals surface area (Å²) >= 11 is 5.91. The van der Waals surface area contributed by atoms with E-state index in [9.17, 15) is 13.6 Å². The molecule has 5 nitrogen and oxygen atoms in total. The van der Waals surface area contributed by atoms with Gasteiger partial charge in [0.05, 0.1) is 17.1 Å². The zero-order valence-electron chi connectivity index (χ0n) is 14.6. The summed E-state index contributed by atoms with van der Waals surface area (Å²) in [7, 11) is 0. The van der Waals surface area contributed by atoms with Crippen molar-refractivity contribution in [3.63, 3.8) is 0 Å². The molecule has 0 atom stereocenters. The fraction of sp³-hybridized carbons (Fsp3) is 0.158. The van der Waals surface area contributed by atoms with E-state index in [2.05, 4.69) is 10.4 Å². The van der Waals surface area contributed by atoms with Crippen molar-refractivity contribution in [1.29, 1.82) is 0 Å². The van der Waals surface area contributed by atoms with Gasteiger partial charge in [-0.1, -0.05) is 17.7 Å². The third kappa shape index (κ3) is 4.25. The first kappa shape index (κ1) is 18.8. The molecule has 2 aromatic carbocycles. The van der Waals surface area contributed by atoms with Crippen molar-refractivity contribution in [3.05, 3.63) is 76.1 Å². The van der Waals surface area contributed by atoms with Crippen molar-refractivity contribution in [2.45, 2.75) is 20.6 Å². The number of nitrogens with one attached hydrogen (secondary N) is 1. The molecule has 0 radical (unpaired) electrons. The van der Waals surface area contributed by atoms with Crippen LogP contribution in [0.25, 0.3) is 0 Å². The fourth-order valence-corrected chi connectivity index (χ4v) is 2.73. The van der Waals surface area contributed by atoms with Crippen molar-refractivity contribution in [1.82, 2.24) is 9.78 Å². The maximum Gasteiger partial charge on any atom is 0.255 e. The summed E-state index contributed by atoms with van der Waals surface area (Å²) in [6, 6.07) is 9.63. The summed E-state index contributed by atoms with van der Waals surface area (Å²) in [5.41, 5.74) is 2.15. The molecular formula is C19H16ClF2N3O2. The Bertz CT molecular complexity index is 1000. The van der Waals surface area contributed by atoms with Gasteiger partial charge in [0.2, 0.25) is 0 Å². The molecule has 0 aliphatic rings. The number of aryl methyl sites for hydroxylation is 1. The van der Waals surface area contributed by atoms with Gasteiger partial charge < -0.3 is 10.1 Å². The summed E-state index contributed by atoms with van der Waals surface area (Å²) in [4.78, 5) is 12.4. The zero-order valence-corrected chi connectivity index (χ0v) is 15.3. The number of anilines is 1. The second-order valence-electron chi connectivity index (χ2n) is 5.86. The van der Waals surface area contributed by atoms with E-state index in [0.717, 1.165) is 12.1 Å². The fourth-order valence-electron chi connectivity index (χ4n) is 2.54. The third-order valence-electron chi connectivity index (χ3n) is 3.94. The average molecular weight is 392 g/mol. The highest BCUT2D eigenvalue weighted by Gasteiger charge is 2.16. The lowest BCUT2D eigenvalue weighted by atomic mass is 10.2. The van der Waals surface area contributed by atoms with Gasteiger partial charge in [0.1, 0.15) is 5.82 Å². The van der Waals surface area contributed by atoms with Crippen LogP contribution in [0, 0.1) is 25.5 Å². The Labute approximate surface area is 159 Å². The van der Waals surface area contributed by atoms with Crippen LogP contribution in [0.1, 0.15) is 21.7 Å². The van der Waals surface area contributed by atoms with Gasteiger partial charge in [-0.05, 0) is 44.2 Å². The molecular weight excluding hydrogens is 376 g/mol. The molecule has 27 heavy (non-hydrogen) atoms. The van der Waals surface area contributed by atoms with Crippen LogP contribution in [-0.4, -0.2) is 15.7 Å². The number of carbonyl (C=O) groups is 1. The van der Waals surface area contributed by atoms with E-state index in [1.165, 1.54) is 10.7 Å². The van der Waals surface area contributed by atoms with Crippen LogP contribution >= 0.6 is 11.6 Å². The van der Waals surface area contributed by atoms with Gasteiger partial charge in [0, 0.05) is 16.7 Å². The molecule has 0 aliphatic carbocycles. The largest absolute Gasteiger partial charge is 0.468 e. The summed E-state index contributed by atoms with van der Waals surface area (Å²) in [6.45, 7) is 3.38. The molecule has 0 bridgehead atoms. The number of hydrogen-bond donors (Lipinski definition) is 1. The molecule has 140 valence electrons.